The number of aromatic amines is 1. The summed E-state index contributed by atoms with van der Waals surface area (Å²) in [6.45, 7) is 2.02. The second-order valence-electron chi connectivity index (χ2n) is 3.62. The maximum Gasteiger partial charge on any atom is 0.132 e. The van der Waals surface area contributed by atoms with E-state index in [-0.39, 0.29) is 5.92 Å². The molecule has 0 fully saturated rings. The largest absolute Gasteiger partial charge is 0.303 e. The van der Waals surface area contributed by atoms with Crippen LogP contribution in [0.25, 0.3) is 10.9 Å². The first-order valence-electron chi connectivity index (χ1n) is 4.79. The number of carbonyl (C=O) groups excluding carboxylic acids is 1. The topological polar surface area (TPSA) is 45.8 Å². The molecule has 78 valence electrons. The van der Waals surface area contributed by atoms with Crippen molar-refractivity contribution in [1.82, 2.24) is 10.2 Å². The number of carbonyl (C=O) groups is 1. The number of nitrogens with zero attached hydrogens (tertiary/aromatic N) is 1. The molecule has 0 aliphatic carbocycles. The van der Waals surface area contributed by atoms with Crippen LogP contribution in [-0.4, -0.2) is 16.5 Å². The van der Waals surface area contributed by atoms with Gasteiger partial charge >= 0.3 is 0 Å². The van der Waals surface area contributed by atoms with E-state index in [9.17, 15) is 4.79 Å². The van der Waals surface area contributed by atoms with Crippen molar-refractivity contribution in [2.24, 2.45) is 0 Å². The van der Waals surface area contributed by atoms with Gasteiger partial charge in [0.2, 0.25) is 0 Å². The molecule has 1 atom stereocenters. The van der Waals surface area contributed by atoms with Crippen molar-refractivity contribution >= 4 is 28.8 Å². The highest BCUT2D eigenvalue weighted by atomic mass is 35.5. The van der Waals surface area contributed by atoms with Crippen LogP contribution in [0.4, 0.5) is 0 Å². The van der Waals surface area contributed by atoms with Gasteiger partial charge in [0.1, 0.15) is 11.4 Å². The number of H-pyrrole nitrogens is 1. The molecular weight excluding hydrogens is 212 g/mol. The number of hydrogen-bond acceptors (Lipinski definition) is 2. The third-order valence-corrected chi connectivity index (χ3v) is 2.84. The van der Waals surface area contributed by atoms with Crippen LogP contribution in [0, 0.1) is 0 Å². The zero-order valence-electron chi connectivity index (χ0n) is 8.33. The molecule has 1 aromatic heterocycles. The van der Waals surface area contributed by atoms with Crippen LogP contribution in [0.1, 0.15) is 24.8 Å². The molecule has 0 radical (unpaired) electrons. The van der Waals surface area contributed by atoms with Crippen molar-refractivity contribution in [3.05, 3.63) is 28.9 Å². The van der Waals surface area contributed by atoms with Gasteiger partial charge in [-0.2, -0.15) is 5.10 Å². The Morgan fingerprint density at radius 1 is 1.60 bits per heavy atom. The lowest BCUT2D eigenvalue weighted by molar-refractivity contribution is -0.108. The summed E-state index contributed by atoms with van der Waals surface area (Å²) in [6, 6.07) is 5.88. The molecule has 15 heavy (non-hydrogen) atoms. The van der Waals surface area contributed by atoms with Gasteiger partial charge in [-0.3, -0.25) is 5.10 Å². The van der Waals surface area contributed by atoms with E-state index >= 15 is 0 Å². The quantitative estimate of drug-likeness (QED) is 0.812. The van der Waals surface area contributed by atoms with Gasteiger partial charge in [-0.15, -0.1) is 0 Å². The molecule has 0 saturated heterocycles. The monoisotopic (exact) mass is 222 g/mol. The van der Waals surface area contributed by atoms with Crippen molar-refractivity contribution in [1.29, 1.82) is 0 Å². The lowest BCUT2D eigenvalue weighted by atomic mass is 9.98. The fraction of sp³-hybridized carbons (Fsp3) is 0.273. The van der Waals surface area contributed by atoms with E-state index in [4.69, 9.17) is 11.6 Å². The van der Waals surface area contributed by atoms with Crippen LogP contribution in [-0.2, 0) is 4.79 Å². The van der Waals surface area contributed by atoms with Crippen LogP contribution < -0.4 is 0 Å². The maximum atomic E-state index is 10.4. The van der Waals surface area contributed by atoms with Crippen LogP contribution in [0.15, 0.2) is 18.2 Å². The summed E-state index contributed by atoms with van der Waals surface area (Å²) in [4.78, 5) is 10.4. The van der Waals surface area contributed by atoms with E-state index in [1.54, 1.807) is 0 Å². The third kappa shape index (κ3) is 1.88. The Morgan fingerprint density at radius 2 is 2.40 bits per heavy atom. The zero-order chi connectivity index (χ0) is 10.8. The highest BCUT2D eigenvalue weighted by Gasteiger charge is 2.08. The standard InChI is InChI=1S/C11H11ClN2O/c1-7(4-5-15)8-2-3-9-10(6-8)13-14-11(9)12/h2-3,5-7H,4H2,1H3,(H,13,14). The van der Waals surface area contributed by atoms with E-state index in [0.29, 0.717) is 11.6 Å². The molecule has 1 unspecified atom stereocenters. The molecule has 0 amide bonds. The Morgan fingerprint density at radius 3 is 3.13 bits per heavy atom. The molecule has 0 bridgehead atoms. The first kappa shape index (κ1) is 10.2. The van der Waals surface area contributed by atoms with Gasteiger partial charge in [-0.1, -0.05) is 24.6 Å². The second-order valence-corrected chi connectivity index (χ2v) is 4.00. The fourth-order valence-corrected chi connectivity index (χ4v) is 1.79. The lowest BCUT2D eigenvalue weighted by Gasteiger charge is -2.07. The Bertz CT molecular complexity index is 492. The van der Waals surface area contributed by atoms with Crippen LogP contribution in [0.5, 0.6) is 0 Å². The molecule has 1 aromatic carbocycles. The summed E-state index contributed by atoms with van der Waals surface area (Å²) in [7, 11) is 0. The zero-order valence-corrected chi connectivity index (χ0v) is 9.08. The van der Waals surface area contributed by atoms with Crippen molar-refractivity contribution in [2.45, 2.75) is 19.3 Å². The maximum absolute atomic E-state index is 10.4. The number of aromatic nitrogens is 2. The van der Waals surface area contributed by atoms with E-state index in [1.807, 2.05) is 25.1 Å². The van der Waals surface area contributed by atoms with Gasteiger partial charge in [0, 0.05) is 11.8 Å². The minimum Gasteiger partial charge on any atom is -0.303 e. The van der Waals surface area contributed by atoms with Crippen molar-refractivity contribution in [3.8, 4) is 0 Å². The first-order chi connectivity index (χ1) is 7.22. The van der Waals surface area contributed by atoms with Crippen molar-refractivity contribution in [3.63, 3.8) is 0 Å². The molecule has 1 N–H and O–H groups in total. The van der Waals surface area contributed by atoms with Crippen LogP contribution >= 0.6 is 11.6 Å². The van der Waals surface area contributed by atoms with Gasteiger partial charge in [-0.25, -0.2) is 0 Å². The van der Waals surface area contributed by atoms with Gasteiger partial charge in [-0.05, 0) is 23.6 Å². The number of nitrogens with one attached hydrogen (secondary N) is 1. The molecular formula is C11H11ClN2O. The van der Waals surface area contributed by atoms with Gasteiger partial charge < -0.3 is 4.79 Å². The Hall–Kier alpha value is -1.35. The van der Waals surface area contributed by atoms with E-state index < -0.39 is 0 Å². The number of halogens is 1. The molecule has 2 rings (SSSR count). The minimum absolute atomic E-state index is 0.224. The normalized spacial score (nSPS) is 12.9. The lowest BCUT2D eigenvalue weighted by Crippen LogP contribution is -1.93. The summed E-state index contributed by atoms with van der Waals surface area (Å²) >= 11 is 5.89. The summed E-state index contributed by atoms with van der Waals surface area (Å²) in [6.07, 6.45) is 1.47. The highest BCUT2D eigenvalue weighted by Crippen LogP contribution is 2.25. The first-order valence-corrected chi connectivity index (χ1v) is 5.17. The van der Waals surface area contributed by atoms with Crippen molar-refractivity contribution in [2.75, 3.05) is 0 Å². The molecule has 0 aliphatic rings. The Labute approximate surface area is 92.4 Å². The van der Waals surface area contributed by atoms with Crippen molar-refractivity contribution < 1.29 is 4.79 Å². The summed E-state index contributed by atoms with van der Waals surface area (Å²) < 4.78 is 0. The summed E-state index contributed by atoms with van der Waals surface area (Å²) in [5.74, 6) is 0.224. The van der Waals surface area contributed by atoms with Crippen LogP contribution in [0.3, 0.4) is 0 Å². The molecule has 0 saturated carbocycles. The molecule has 3 nitrogen and oxygen atoms in total. The number of hydrogen-bond donors (Lipinski definition) is 1. The Balaban J connectivity index is 2.42. The SMILES string of the molecule is CC(CC=O)c1ccc2c(Cl)[nH]nc2c1. The van der Waals surface area contributed by atoms with E-state index in [0.717, 1.165) is 22.8 Å². The molecule has 2 aromatic rings. The number of fused-ring (bicyclic) bond motifs is 1. The summed E-state index contributed by atoms with van der Waals surface area (Å²) in [5, 5.41) is 8.27. The average Bonchev–Trinajstić information content (AvgIpc) is 2.60. The highest BCUT2D eigenvalue weighted by molar-refractivity contribution is 6.34. The third-order valence-electron chi connectivity index (χ3n) is 2.55. The fourth-order valence-electron chi connectivity index (χ4n) is 1.58. The van der Waals surface area contributed by atoms with E-state index in [2.05, 4.69) is 10.2 Å². The summed E-state index contributed by atoms with van der Waals surface area (Å²) in [5.41, 5.74) is 1.95. The average molecular weight is 223 g/mol. The second kappa shape index (κ2) is 4.03. The molecule has 4 heteroatoms. The predicted octanol–water partition coefficient (Wildman–Crippen LogP) is 2.91. The van der Waals surface area contributed by atoms with Gasteiger partial charge in [0.15, 0.2) is 0 Å². The Kier molecular flexibility index (Phi) is 2.73. The van der Waals surface area contributed by atoms with E-state index in [1.165, 1.54) is 0 Å². The number of aldehydes is 1. The smallest absolute Gasteiger partial charge is 0.132 e. The van der Waals surface area contributed by atoms with Gasteiger partial charge in [0.05, 0.1) is 5.52 Å². The molecule has 0 spiro atoms. The van der Waals surface area contributed by atoms with Crippen LogP contribution in [0.2, 0.25) is 5.15 Å². The minimum atomic E-state index is 0.224. The molecule has 1 heterocycles. The van der Waals surface area contributed by atoms with Gasteiger partial charge in [0.25, 0.3) is 0 Å². The number of rotatable bonds is 3. The number of benzene rings is 1. The molecule has 0 aliphatic heterocycles. The predicted molar refractivity (Wildman–Crippen MR) is 60.2 cm³/mol.